The lowest BCUT2D eigenvalue weighted by Crippen LogP contribution is -2.18. The number of fused-ring (bicyclic) bond motifs is 3. The molecule has 92 valence electrons. The van der Waals surface area contributed by atoms with E-state index in [1.807, 2.05) is 6.92 Å². The van der Waals surface area contributed by atoms with Crippen molar-refractivity contribution in [3.63, 3.8) is 0 Å². The molecule has 2 nitrogen and oxygen atoms in total. The minimum Gasteiger partial charge on any atom is -0.237 e. The molecule has 1 aliphatic rings. The molecule has 0 unspecified atom stereocenters. The van der Waals surface area contributed by atoms with E-state index in [1.165, 1.54) is 22.4 Å². The average Bonchev–Trinajstić information content (AvgIpc) is 2.65. The van der Waals surface area contributed by atoms with E-state index in [2.05, 4.69) is 55.0 Å². The second-order valence-corrected chi connectivity index (χ2v) is 6.03. The Labute approximate surface area is 108 Å². The van der Waals surface area contributed by atoms with Crippen LogP contribution in [0.2, 0.25) is 0 Å². The minimum absolute atomic E-state index is 0.0693. The summed E-state index contributed by atoms with van der Waals surface area (Å²) in [5.74, 6) is 0.871. The molecule has 0 bridgehead atoms. The third-order valence-electron chi connectivity index (χ3n) is 3.47. The van der Waals surface area contributed by atoms with Crippen molar-refractivity contribution in [2.24, 2.45) is 0 Å². The molecule has 0 aliphatic heterocycles. The molecule has 3 rings (SSSR count). The van der Waals surface area contributed by atoms with E-state index in [4.69, 9.17) is 0 Å². The van der Waals surface area contributed by atoms with Gasteiger partial charge in [-0.15, -0.1) is 0 Å². The predicted molar refractivity (Wildman–Crippen MR) is 73.7 cm³/mol. The molecule has 0 saturated heterocycles. The van der Waals surface area contributed by atoms with Crippen LogP contribution in [0.25, 0.3) is 11.3 Å². The van der Waals surface area contributed by atoms with Crippen molar-refractivity contribution in [2.45, 2.75) is 39.5 Å². The fraction of sp³-hybridized carbons (Fsp3) is 0.375. The molecule has 0 amide bonds. The van der Waals surface area contributed by atoms with Crippen LogP contribution in [0.3, 0.4) is 0 Å². The predicted octanol–water partition coefficient (Wildman–Crippen LogP) is 3.65. The van der Waals surface area contributed by atoms with E-state index < -0.39 is 0 Å². The molecule has 18 heavy (non-hydrogen) atoms. The lowest BCUT2D eigenvalue weighted by Gasteiger charge is -2.21. The van der Waals surface area contributed by atoms with Crippen LogP contribution >= 0.6 is 0 Å². The Morgan fingerprint density at radius 2 is 1.78 bits per heavy atom. The Hall–Kier alpha value is -1.70. The summed E-state index contributed by atoms with van der Waals surface area (Å²) in [5, 5.41) is 0. The van der Waals surface area contributed by atoms with Gasteiger partial charge in [0.15, 0.2) is 0 Å². The summed E-state index contributed by atoms with van der Waals surface area (Å²) >= 11 is 0. The normalized spacial score (nSPS) is 13.3. The van der Waals surface area contributed by atoms with Crippen molar-refractivity contribution < 1.29 is 0 Å². The number of rotatable bonds is 0. The van der Waals surface area contributed by atoms with E-state index in [9.17, 15) is 0 Å². The maximum Gasteiger partial charge on any atom is 0.126 e. The number of aromatic nitrogens is 2. The second-order valence-electron chi connectivity index (χ2n) is 6.03. The van der Waals surface area contributed by atoms with Gasteiger partial charge in [-0.25, -0.2) is 9.97 Å². The van der Waals surface area contributed by atoms with Gasteiger partial charge < -0.3 is 0 Å². The van der Waals surface area contributed by atoms with Gasteiger partial charge >= 0.3 is 0 Å². The van der Waals surface area contributed by atoms with Crippen LogP contribution in [-0.4, -0.2) is 9.97 Å². The molecule has 0 N–H and O–H groups in total. The molecule has 2 aromatic rings. The van der Waals surface area contributed by atoms with Crippen LogP contribution in [0.4, 0.5) is 0 Å². The number of aryl methyl sites for hydroxylation is 1. The molecule has 1 heterocycles. The van der Waals surface area contributed by atoms with Crippen molar-refractivity contribution in [1.82, 2.24) is 9.97 Å². The first-order valence-corrected chi connectivity index (χ1v) is 6.43. The molecule has 0 spiro atoms. The number of benzene rings is 1. The molecular formula is C16H18N2. The number of nitrogens with zero attached hydrogens (tertiary/aromatic N) is 2. The smallest absolute Gasteiger partial charge is 0.126 e. The largest absolute Gasteiger partial charge is 0.237 e. The van der Waals surface area contributed by atoms with Crippen LogP contribution in [0.1, 0.15) is 43.4 Å². The molecular weight excluding hydrogens is 220 g/mol. The average molecular weight is 238 g/mol. The van der Waals surface area contributed by atoms with Crippen LogP contribution in [0.5, 0.6) is 0 Å². The van der Waals surface area contributed by atoms with Crippen molar-refractivity contribution in [3.8, 4) is 11.3 Å². The number of hydrogen-bond acceptors (Lipinski definition) is 2. The highest BCUT2D eigenvalue weighted by Gasteiger charge is 2.28. The summed E-state index contributed by atoms with van der Waals surface area (Å²) in [4.78, 5) is 9.35. The fourth-order valence-corrected chi connectivity index (χ4v) is 2.70. The highest BCUT2D eigenvalue weighted by atomic mass is 14.9. The quantitative estimate of drug-likeness (QED) is 0.597. The molecule has 0 fully saturated rings. The van der Waals surface area contributed by atoms with E-state index in [0.717, 1.165) is 17.9 Å². The minimum atomic E-state index is 0.0693. The van der Waals surface area contributed by atoms with Crippen molar-refractivity contribution >= 4 is 0 Å². The molecule has 1 aromatic carbocycles. The first kappa shape index (κ1) is 11.4. The zero-order valence-electron chi connectivity index (χ0n) is 11.4. The summed E-state index contributed by atoms with van der Waals surface area (Å²) in [5.41, 5.74) is 6.37. The highest BCUT2D eigenvalue weighted by molar-refractivity contribution is 5.74. The van der Waals surface area contributed by atoms with Gasteiger partial charge in [0.2, 0.25) is 0 Å². The molecule has 2 heteroatoms. The maximum absolute atomic E-state index is 4.69. The Kier molecular flexibility index (Phi) is 2.31. The Bertz CT molecular complexity index is 621. The first-order valence-electron chi connectivity index (χ1n) is 6.43. The second kappa shape index (κ2) is 3.64. The summed E-state index contributed by atoms with van der Waals surface area (Å²) in [6, 6.07) is 8.54. The van der Waals surface area contributed by atoms with E-state index >= 15 is 0 Å². The van der Waals surface area contributed by atoms with Crippen LogP contribution < -0.4 is 0 Å². The van der Waals surface area contributed by atoms with Gasteiger partial charge in [-0.1, -0.05) is 45.0 Å². The molecule has 1 aliphatic carbocycles. The third kappa shape index (κ3) is 1.64. The first-order chi connectivity index (χ1) is 8.47. The molecule has 0 radical (unpaired) electrons. The highest BCUT2D eigenvalue weighted by Crippen LogP contribution is 2.39. The maximum atomic E-state index is 4.69. The summed E-state index contributed by atoms with van der Waals surface area (Å²) in [7, 11) is 0. The zero-order valence-corrected chi connectivity index (χ0v) is 11.4. The Morgan fingerprint density at radius 1 is 1.06 bits per heavy atom. The van der Waals surface area contributed by atoms with E-state index in [0.29, 0.717) is 0 Å². The van der Waals surface area contributed by atoms with Crippen molar-refractivity contribution in [1.29, 1.82) is 0 Å². The zero-order chi connectivity index (χ0) is 12.9. The lowest BCUT2D eigenvalue weighted by molar-refractivity contribution is 0.558. The van der Waals surface area contributed by atoms with Crippen molar-refractivity contribution in [3.05, 3.63) is 46.9 Å². The molecule has 1 aromatic heterocycles. The molecule has 0 saturated carbocycles. The van der Waals surface area contributed by atoms with Gasteiger partial charge in [0.05, 0.1) is 11.4 Å². The van der Waals surface area contributed by atoms with Gasteiger partial charge in [-0.2, -0.15) is 0 Å². The van der Waals surface area contributed by atoms with E-state index in [-0.39, 0.29) is 5.41 Å². The third-order valence-corrected chi connectivity index (χ3v) is 3.47. The van der Waals surface area contributed by atoms with Gasteiger partial charge in [-0.3, -0.25) is 0 Å². The Balaban J connectivity index is 2.29. The van der Waals surface area contributed by atoms with E-state index in [1.54, 1.807) is 0 Å². The number of hydrogen-bond donors (Lipinski definition) is 0. The fourth-order valence-electron chi connectivity index (χ4n) is 2.70. The summed E-state index contributed by atoms with van der Waals surface area (Å²) in [6.07, 6.45) is 0.971. The van der Waals surface area contributed by atoms with Gasteiger partial charge in [0.25, 0.3) is 0 Å². The molecule has 0 atom stereocenters. The van der Waals surface area contributed by atoms with Crippen LogP contribution in [0, 0.1) is 6.92 Å². The lowest BCUT2D eigenvalue weighted by atomic mass is 9.87. The van der Waals surface area contributed by atoms with Gasteiger partial charge in [0.1, 0.15) is 5.82 Å². The van der Waals surface area contributed by atoms with Gasteiger partial charge in [-0.05, 0) is 12.5 Å². The topological polar surface area (TPSA) is 25.8 Å². The standard InChI is InChI=1S/C16H18N2/c1-10-17-14-12-8-6-5-7-11(12)9-13(14)15(18-10)16(2,3)4/h5-8H,9H2,1-4H3. The summed E-state index contributed by atoms with van der Waals surface area (Å²) in [6.45, 7) is 8.64. The van der Waals surface area contributed by atoms with Crippen LogP contribution in [0.15, 0.2) is 24.3 Å². The van der Waals surface area contributed by atoms with Crippen LogP contribution in [-0.2, 0) is 11.8 Å². The summed E-state index contributed by atoms with van der Waals surface area (Å²) < 4.78 is 0. The SMILES string of the molecule is Cc1nc2c(c(C(C)(C)C)n1)Cc1ccccc1-2. The Morgan fingerprint density at radius 3 is 2.50 bits per heavy atom. The van der Waals surface area contributed by atoms with Crippen molar-refractivity contribution in [2.75, 3.05) is 0 Å². The monoisotopic (exact) mass is 238 g/mol. The van der Waals surface area contributed by atoms with Gasteiger partial charge in [0, 0.05) is 23.0 Å².